The van der Waals surface area contributed by atoms with Crippen LogP contribution in [0.2, 0.25) is 0 Å². The molecule has 0 bridgehead atoms. The van der Waals surface area contributed by atoms with Crippen LogP contribution < -0.4 is 5.73 Å². The van der Waals surface area contributed by atoms with E-state index in [2.05, 4.69) is 27.7 Å². The van der Waals surface area contributed by atoms with E-state index >= 15 is 0 Å². The number of hydrogen-bond donors (Lipinski definition) is 1. The Hall–Kier alpha value is -0.0400. The molecule has 0 aliphatic rings. The highest BCUT2D eigenvalue weighted by atomic mass is 14.7. The van der Waals surface area contributed by atoms with E-state index in [4.69, 9.17) is 5.73 Å². The maximum Gasteiger partial charge on any atom is 0.0151 e. The summed E-state index contributed by atoms with van der Waals surface area (Å²) in [4.78, 5) is 0. The van der Waals surface area contributed by atoms with E-state index in [0.717, 1.165) is 0 Å². The molecule has 1 nitrogen and oxygen atoms in total. The van der Waals surface area contributed by atoms with Crippen LogP contribution in [0.3, 0.4) is 0 Å². The summed E-state index contributed by atoms with van der Waals surface area (Å²) in [6, 6.07) is 0. The monoisotopic (exact) mass is 185 g/mol. The van der Waals surface area contributed by atoms with Crippen molar-refractivity contribution >= 4 is 0 Å². The van der Waals surface area contributed by atoms with Crippen molar-refractivity contribution in [3.05, 3.63) is 0 Å². The van der Waals surface area contributed by atoms with Crippen molar-refractivity contribution in [3.8, 4) is 0 Å². The van der Waals surface area contributed by atoms with Crippen molar-refractivity contribution in [2.24, 2.45) is 11.7 Å². The molecule has 0 saturated carbocycles. The molecule has 0 radical (unpaired) electrons. The first-order valence-corrected chi connectivity index (χ1v) is 5.83. The van der Waals surface area contributed by atoms with E-state index in [1.165, 1.54) is 38.5 Å². The van der Waals surface area contributed by atoms with Crippen molar-refractivity contribution in [2.75, 3.05) is 0 Å². The van der Waals surface area contributed by atoms with Crippen LogP contribution in [0.15, 0.2) is 0 Å². The van der Waals surface area contributed by atoms with Gasteiger partial charge in [0.15, 0.2) is 0 Å². The summed E-state index contributed by atoms with van der Waals surface area (Å²) in [5.41, 5.74) is 6.31. The first-order chi connectivity index (χ1) is 6.04. The molecule has 0 aromatic rings. The normalized spacial score (nSPS) is 18.2. The first-order valence-electron chi connectivity index (χ1n) is 5.83. The van der Waals surface area contributed by atoms with Gasteiger partial charge < -0.3 is 5.73 Å². The molecule has 0 aromatic carbocycles. The third kappa shape index (κ3) is 5.30. The lowest BCUT2D eigenvalue weighted by Crippen LogP contribution is -2.42. The van der Waals surface area contributed by atoms with Crippen LogP contribution in [-0.4, -0.2) is 5.54 Å². The molecular formula is C12H27N. The Bertz CT molecular complexity index is 118. The fraction of sp³-hybridized carbons (Fsp3) is 1.00. The van der Waals surface area contributed by atoms with Crippen molar-refractivity contribution < 1.29 is 0 Å². The second kappa shape index (κ2) is 6.42. The first kappa shape index (κ1) is 13.0. The van der Waals surface area contributed by atoms with Gasteiger partial charge in [0.25, 0.3) is 0 Å². The molecule has 0 spiro atoms. The molecule has 0 heterocycles. The van der Waals surface area contributed by atoms with Gasteiger partial charge in [-0.05, 0) is 19.3 Å². The van der Waals surface area contributed by atoms with Gasteiger partial charge in [0.05, 0.1) is 0 Å². The average molecular weight is 185 g/mol. The molecule has 0 aliphatic carbocycles. The van der Waals surface area contributed by atoms with Gasteiger partial charge in [-0.2, -0.15) is 0 Å². The van der Waals surface area contributed by atoms with Crippen LogP contribution in [-0.2, 0) is 0 Å². The highest BCUT2D eigenvalue weighted by Gasteiger charge is 2.23. The quantitative estimate of drug-likeness (QED) is 0.601. The molecule has 0 rings (SSSR count). The fourth-order valence-corrected chi connectivity index (χ4v) is 1.65. The van der Waals surface area contributed by atoms with Gasteiger partial charge in [-0.15, -0.1) is 0 Å². The maximum absolute atomic E-state index is 6.25. The molecule has 1 heteroatoms. The van der Waals surface area contributed by atoms with Crippen LogP contribution in [0.5, 0.6) is 0 Å². The Balaban J connectivity index is 3.62. The Labute approximate surface area is 84.1 Å². The van der Waals surface area contributed by atoms with Gasteiger partial charge in [0.1, 0.15) is 0 Å². The summed E-state index contributed by atoms with van der Waals surface area (Å²) >= 11 is 0. The molecule has 0 amide bonds. The molecule has 0 aromatic heterocycles. The number of hydrogen-bond acceptors (Lipinski definition) is 1. The second-order valence-corrected chi connectivity index (χ2v) is 4.63. The maximum atomic E-state index is 6.25. The Morgan fingerprint density at radius 1 is 1.15 bits per heavy atom. The van der Waals surface area contributed by atoms with Gasteiger partial charge in [0, 0.05) is 5.54 Å². The van der Waals surface area contributed by atoms with Crippen LogP contribution in [0, 0.1) is 5.92 Å². The lowest BCUT2D eigenvalue weighted by Gasteiger charge is -2.31. The van der Waals surface area contributed by atoms with E-state index in [-0.39, 0.29) is 5.54 Å². The van der Waals surface area contributed by atoms with Gasteiger partial charge >= 0.3 is 0 Å². The molecule has 0 saturated heterocycles. The van der Waals surface area contributed by atoms with Crippen molar-refractivity contribution in [3.63, 3.8) is 0 Å². The third-order valence-corrected chi connectivity index (χ3v) is 3.31. The largest absolute Gasteiger partial charge is 0.325 e. The zero-order valence-electron chi connectivity index (χ0n) is 9.90. The predicted molar refractivity (Wildman–Crippen MR) is 60.8 cm³/mol. The van der Waals surface area contributed by atoms with E-state index in [1.807, 2.05) is 0 Å². The van der Waals surface area contributed by atoms with Crippen LogP contribution in [0.4, 0.5) is 0 Å². The molecule has 13 heavy (non-hydrogen) atoms. The molecular weight excluding hydrogens is 158 g/mol. The fourth-order valence-electron chi connectivity index (χ4n) is 1.65. The van der Waals surface area contributed by atoms with Crippen LogP contribution in [0.1, 0.15) is 66.2 Å². The molecule has 2 N–H and O–H groups in total. The summed E-state index contributed by atoms with van der Waals surface area (Å²) in [6.07, 6.45) is 7.69. The number of rotatable bonds is 7. The second-order valence-electron chi connectivity index (χ2n) is 4.63. The molecule has 2 atom stereocenters. The van der Waals surface area contributed by atoms with Gasteiger partial charge in [-0.1, -0.05) is 52.9 Å². The predicted octanol–water partition coefficient (Wildman–Crippen LogP) is 3.72. The Kier molecular flexibility index (Phi) is 6.40. The smallest absolute Gasteiger partial charge is 0.0151 e. The zero-order chi connectivity index (χ0) is 10.3. The Morgan fingerprint density at radius 2 is 1.77 bits per heavy atom. The SMILES string of the molecule is CCCCCCC(C)(N)C(C)CC. The summed E-state index contributed by atoms with van der Waals surface area (Å²) in [6.45, 7) is 8.94. The lowest BCUT2D eigenvalue weighted by molar-refractivity contribution is 0.280. The summed E-state index contributed by atoms with van der Waals surface area (Å²) < 4.78 is 0. The highest BCUT2D eigenvalue weighted by molar-refractivity contribution is 4.83. The Morgan fingerprint density at radius 3 is 2.23 bits per heavy atom. The third-order valence-electron chi connectivity index (χ3n) is 3.31. The molecule has 0 aliphatic heterocycles. The highest BCUT2D eigenvalue weighted by Crippen LogP contribution is 2.23. The van der Waals surface area contributed by atoms with Crippen molar-refractivity contribution in [1.29, 1.82) is 0 Å². The van der Waals surface area contributed by atoms with Crippen molar-refractivity contribution in [1.82, 2.24) is 0 Å². The standard InChI is InChI=1S/C12H27N/c1-5-7-8-9-10-12(4,13)11(3)6-2/h11H,5-10,13H2,1-4H3. The zero-order valence-corrected chi connectivity index (χ0v) is 9.90. The van der Waals surface area contributed by atoms with Gasteiger partial charge in [0.2, 0.25) is 0 Å². The van der Waals surface area contributed by atoms with Crippen LogP contribution in [0.25, 0.3) is 0 Å². The molecule has 80 valence electrons. The summed E-state index contributed by atoms with van der Waals surface area (Å²) in [5, 5.41) is 0. The topological polar surface area (TPSA) is 26.0 Å². The minimum absolute atomic E-state index is 0.0580. The van der Waals surface area contributed by atoms with E-state index < -0.39 is 0 Å². The number of unbranched alkanes of at least 4 members (excludes halogenated alkanes) is 3. The van der Waals surface area contributed by atoms with Gasteiger partial charge in [-0.3, -0.25) is 0 Å². The van der Waals surface area contributed by atoms with Crippen molar-refractivity contribution in [2.45, 2.75) is 71.8 Å². The number of nitrogens with two attached hydrogens (primary N) is 1. The average Bonchev–Trinajstić information content (AvgIpc) is 2.11. The van der Waals surface area contributed by atoms with Crippen LogP contribution >= 0.6 is 0 Å². The minimum atomic E-state index is 0.0580. The van der Waals surface area contributed by atoms with E-state index in [9.17, 15) is 0 Å². The molecule has 2 unspecified atom stereocenters. The minimum Gasteiger partial charge on any atom is -0.325 e. The summed E-state index contributed by atoms with van der Waals surface area (Å²) in [7, 11) is 0. The van der Waals surface area contributed by atoms with E-state index in [1.54, 1.807) is 0 Å². The van der Waals surface area contributed by atoms with E-state index in [0.29, 0.717) is 5.92 Å². The lowest BCUT2D eigenvalue weighted by atomic mass is 9.82. The van der Waals surface area contributed by atoms with Gasteiger partial charge in [-0.25, -0.2) is 0 Å². The molecule has 0 fully saturated rings. The summed E-state index contributed by atoms with van der Waals surface area (Å²) in [5.74, 6) is 0.647.